The van der Waals surface area contributed by atoms with Crippen LogP contribution in [-0.4, -0.2) is 27.4 Å². The van der Waals surface area contributed by atoms with Crippen LogP contribution < -0.4 is 8.92 Å². The van der Waals surface area contributed by atoms with Crippen LogP contribution in [0.4, 0.5) is 0 Å². The van der Waals surface area contributed by atoms with Crippen molar-refractivity contribution < 1.29 is 26.9 Å². The summed E-state index contributed by atoms with van der Waals surface area (Å²) in [4.78, 5) is 16.6. The summed E-state index contributed by atoms with van der Waals surface area (Å²) in [6.45, 7) is 1.86. The van der Waals surface area contributed by atoms with Gasteiger partial charge in [-0.1, -0.05) is 35.9 Å². The van der Waals surface area contributed by atoms with Gasteiger partial charge in [-0.3, -0.25) is 0 Å². The first-order valence-electron chi connectivity index (χ1n) is 9.73. The molecular weight excluding hydrogens is 510 g/mol. The lowest BCUT2D eigenvalue weighted by atomic mass is 10.1. The quantitative estimate of drug-likeness (QED) is 0.258. The monoisotopic (exact) mass is 527 g/mol. The van der Waals surface area contributed by atoms with E-state index in [0.29, 0.717) is 15.6 Å². The molecule has 3 aromatic rings. The molecule has 0 saturated carbocycles. The molecular formula is C24H18BrNO6S. The molecule has 7 nitrogen and oxygen atoms in total. The number of methoxy groups -OCH3 is 1. The van der Waals surface area contributed by atoms with Gasteiger partial charge in [-0.2, -0.15) is 8.42 Å². The number of carbonyl (C=O) groups excluding carboxylic acids is 1. The molecule has 0 aromatic heterocycles. The van der Waals surface area contributed by atoms with Crippen LogP contribution in [0.1, 0.15) is 16.7 Å². The lowest BCUT2D eigenvalue weighted by Gasteiger charge is -2.13. The van der Waals surface area contributed by atoms with Gasteiger partial charge in [0.25, 0.3) is 0 Å². The standard InChI is InChI=1S/C24H18BrNO6S/c1-15-8-10-18(11-9-15)33(28,29)32-22-19(25)12-16(14-21(22)30-2)13-20-24(27)31-23(26-20)17-6-4-3-5-7-17/h3-14H,1-2H3/b20-13-. The summed E-state index contributed by atoms with van der Waals surface area (Å²) in [5.74, 6) is -0.235. The fourth-order valence-electron chi connectivity index (χ4n) is 3.04. The number of halogens is 1. The average Bonchev–Trinajstić information content (AvgIpc) is 3.16. The molecule has 1 aliphatic rings. The van der Waals surface area contributed by atoms with Crippen molar-refractivity contribution in [2.45, 2.75) is 11.8 Å². The van der Waals surface area contributed by atoms with E-state index in [9.17, 15) is 13.2 Å². The summed E-state index contributed by atoms with van der Waals surface area (Å²) >= 11 is 3.34. The topological polar surface area (TPSA) is 91.3 Å². The number of rotatable bonds is 6. The molecule has 0 atom stereocenters. The highest BCUT2D eigenvalue weighted by atomic mass is 79.9. The Bertz CT molecular complexity index is 1380. The van der Waals surface area contributed by atoms with Crippen LogP contribution in [0.5, 0.6) is 11.5 Å². The lowest BCUT2D eigenvalue weighted by Crippen LogP contribution is -2.11. The van der Waals surface area contributed by atoms with Gasteiger partial charge in [0.15, 0.2) is 17.2 Å². The molecule has 1 aliphatic heterocycles. The van der Waals surface area contributed by atoms with Gasteiger partial charge in [-0.25, -0.2) is 9.79 Å². The van der Waals surface area contributed by atoms with Gasteiger partial charge < -0.3 is 13.7 Å². The van der Waals surface area contributed by atoms with Crippen molar-refractivity contribution in [3.8, 4) is 11.5 Å². The van der Waals surface area contributed by atoms with Crippen molar-refractivity contribution in [1.29, 1.82) is 0 Å². The van der Waals surface area contributed by atoms with Gasteiger partial charge in [0, 0.05) is 5.56 Å². The third-order valence-electron chi connectivity index (χ3n) is 4.70. The summed E-state index contributed by atoms with van der Waals surface area (Å²) < 4.78 is 41.7. The fraction of sp³-hybridized carbons (Fsp3) is 0.0833. The molecule has 3 aromatic carbocycles. The Labute approximate surface area is 199 Å². The number of nitrogens with zero attached hydrogens (tertiary/aromatic N) is 1. The predicted molar refractivity (Wildman–Crippen MR) is 127 cm³/mol. The maximum absolute atomic E-state index is 12.7. The highest BCUT2D eigenvalue weighted by Crippen LogP contribution is 2.39. The van der Waals surface area contributed by atoms with Crippen LogP contribution >= 0.6 is 15.9 Å². The molecule has 0 aliphatic carbocycles. The minimum atomic E-state index is -4.09. The second-order valence-corrected chi connectivity index (χ2v) is 9.49. The molecule has 0 saturated heterocycles. The Morgan fingerprint density at radius 2 is 1.73 bits per heavy atom. The normalized spacial score (nSPS) is 14.7. The third-order valence-corrected chi connectivity index (χ3v) is 6.52. The van der Waals surface area contributed by atoms with Crippen LogP contribution in [-0.2, 0) is 19.6 Å². The van der Waals surface area contributed by atoms with E-state index in [1.54, 1.807) is 36.4 Å². The van der Waals surface area contributed by atoms with Gasteiger partial charge in [0.05, 0.1) is 11.6 Å². The maximum atomic E-state index is 12.7. The minimum absolute atomic E-state index is 0.0114. The Morgan fingerprint density at radius 1 is 1.03 bits per heavy atom. The molecule has 0 unspecified atom stereocenters. The average molecular weight is 528 g/mol. The molecule has 0 radical (unpaired) electrons. The smallest absolute Gasteiger partial charge is 0.363 e. The highest BCUT2D eigenvalue weighted by Gasteiger charge is 2.25. The molecule has 0 N–H and O–H groups in total. The molecule has 1 heterocycles. The summed E-state index contributed by atoms with van der Waals surface area (Å²) in [5, 5.41) is 0. The first kappa shape index (κ1) is 22.8. The van der Waals surface area contributed by atoms with E-state index in [-0.39, 0.29) is 28.0 Å². The fourth-order valence-corrected chi connectivity index (χ4v) is 4.64. The first-order valence-corrected chi connectivity index (χ1v) is 11.9. The lowest BCUT2D eigenvalue weighted by molar-refractivity contribution is -0.129. The van der Waals surface area contributed by atoms with Gasteiger partial charge in [-0.05, 0) is 70.9 Å². The Balaban J connectivity index is 1.66. The number of aliphatic imine (C=N–C) groups is 1. The predicted octanol–water partition coefficient (Wildman–Crippen LogP) is 4.88. The van der Waals surface area contributed by atoms with Crippen LogP contribution in [0, 0.1) is 6.92 Å². The second kappa shape index (κ2) is 9.21. The zero-order valence-corrected chi connectivity index (χ0v) is 20.0. The number of cyclic esters (lactones) is 1. The first-order chi connectivity index (χ1) is 15.8. The molecule has 9 heteroatoms. The van der Waals surface area contributed by atoms with E-state index in [1.807, 2.05) is 25.1 Å². The van der Waals surface area contributed by atoms with Crippen molar-refractivity contribution in [3.05, 3.63) is 93.6 Å². The SMILES string of the molecule is COc1cc(/C=C2\N=C(c3ccccc3)OC2=O)cc(Br)c1OS(=O)(=O)c1ccc(C)cc1. The van der Waals surface area contributed by atoms with Crippen LogP contribution in [0.25, 0.3) is 6.08 Å². The largest absolute Gasteiger partial charge is 0.493 e. The van der Waals surface area contributed by atoms with E-state index in [2.05, 4.69) is 20.9 Å². The number of hydrogen-bond acceptors (Lipinski definition) is 7. The Hall–Kier alpha value is -3.43. The zero-order valence-electron chi connectivity index (χ0n) is 17.6. The molecule has 0 amide bonds. The summed E-state index contributed by atoms with van der Waals surface area (Å²) in [7, 11) is -2.70. The second-order valence-electron chi connectivity index (χ2n) is 7.09. The number of ether oxygens (including phenoxy) is 2. The molecule has 0 bridgehead atoms. The number of hydrogen-bond donors (Lipinski definition) is 0. The summed E-state index contributed by atoms with van der Waals surface area (Å²) in [6.07, 6.45) is 1.52. The third kappa shape index (κ3) is 4.99. The van der Waals surface area contributed by atoms with Crippen molar-refractivity contribution in [2.75, 3.05) is 7.11 Å². The van der Waals surface area contributed by atoms with Crippen LogP contribution in [0.2, 0.25) is 0 Å². The molecule has 4 rings (SSSR count). The summed E-state index contributed by atoms with van der Waals surface area (Å²) in [5.41, 5.74) is 2.24. The molecule has 0 fully saturated rings. The maximum Gasteiger partial charge on any atom is 0.363 e. The number of carbonyl (C=O) groups is 1. The van der Waals surface area contributed by atoms with Gasteiger partial charge in [0.2, 0.25) is 5.90 Å². The van der Waals surface area contributed by atoms with Crippen molar-refractivity contribution >= 4 is 44.0 Å². The van der Waals surface area contributed by atoms with Crippen molar-refractivity contribution in [2.24, 2.45) is 4.99 Å². The van der Waals surface area contributed by atoms with Crippen molar-refractivity contribution in [1.82, 2.24) is 0 Å². The van der Waals surface area contributed by atoms with E-state index >= 15 is 0 Å². The van der Waals surface area contributed by atoms with Gasteiger partial charge in [-0.15, -0.1) is 0 Å². The van der Waals surface area contributed by atoms with Gasteiger partial charge >= 0.3 is 16.1 Å². The van der Waals surface area contributed by atoms with Gasteiger partial charge in [0.1, 0.15) is 4.90 Å². The van der Waals surface area contributed by atoms with E-state index in [0.717, 1.165) is 5.56 Å². The van der Waals surface area contributed by atoms with E-state index in [4.69, 9.17) is 13.7 Å². The Kier molecular flexibility index (Phi) is 6.35. The van der Waals surface area contributed by atoms with Crippen LogP contribution in [0.3, 0.4) is 0 Å². The number of esters is 1. The molecule has 33 heavy (non-hydrogen) atoms. The van der Waals surface area contributed by atoms with Crippen molar-refractivity contribution in [3.63, 3.8) is 0 Å². The number of aryl methyl sites for hydroxylation is 1. The minimum Gasteiger partial charge on any atom is -0.493 e. The molecule has 0 spiro atoms. The van der Waals surface area contributed by atoms with Crippen LogP contribution in [0.15, 0.2) is 86.8 Å². The number of benzene rings is 3. The zero-order chi connectivity index (χ0) is 23.6. The Morgan fingerprint density at radius 3 is 2.39 bits per heavy atom. The highest BCUT2D eigenvalue weighted by molar-refractivity contribution is 9.10. The molecule has 168 valence electrons. The summed E-state index contributed by atoms with van der Waals surface area (Å²) in [6, 6.07) is 18.5. The van der Waals surface area contributed by atoms with E-state index in [1.165, 1.54) is 25.3 Å². The van der Waals surface area contributed by atoms with E-state index < -0.39 is 16.1 Å².